The van der Waals surface area contributed by atoms with E-state index in [0.29, 0.717) is 6.42 Å². The van der Waals surface area contributed by atoms with Crippen LogP contribution in [0.2, 0.25) is 0 Å². The lowest BCUT2D eigenvalue weighted by Crippen LogP contribution is -2.15. The van der Waals surface area contributed by atoms with E-state index < -0.39 is 36.5 Å². The Bertz CT molecular complexity index is 344. The van der Waals surface area contributed by atoms with Gasteiger partial charge in [0.05, 0.1) is 66.1 Å². The number of hydrogen-bond acceptors (Lipinski definition) is 16. The fourth-order valence-electron chi connectivity index (χ4n) is 1.17. The first-order chi connectivity index (χ1) is 18.8. The summed E-state index contributed by atoms with van der Waals surface area (Å²) in [4.78, 5) is 10.0. The molecule has 0 saturated carbocycles. The van der Waals surface area contributed by atoms with Crippen LogP contribution < -0.4 is 0 Å². The highest BCUT2D eigenvalue weighted by Crippen LogP contribution is 2.04. The van der Waals surface area contributed by atoms with E-state index in [-0.39, 0.29) is 71.5 Å². The second-order valence-corrected chi connectivity index (χ2v) is 7.65. The van der Waals surface area contributed by atoms with Gasteiger partial charge in [0, 0.05) is 6.42 Å². The summed E-state index contributed by atoms with van der Waals surface area (Å²) >= 11 is 0. The topological polar surface area (TPSA) is 372 Å². The van der Waals surface area contributed by atoms with Crippen molar-refractivity contribution in [2.75, 3.05) is 66.1 Å². The summed E-state index contributed by atoms with van der Waals surface area (Å²) in [6, 6.07) is 0. The molecule has 0 heterocycles. The minimum atomic E-state index is -0.954. The van der Waals surface area contributed by atoms with Crippen molar-refractivity contribution in [3.63, 3.8) is 0 Å². The minimum absolute atomic E-state index is 0. The average molecular weight is 623 g/mol. The number of unbranched alkanes of at least 4 members (excludes halogenated alkanes) is 4. The van der Waals surface area contributed by atoms with Crippen LogP contribution in [0.1, 0.15) is 45.4 Å². The zero-order valence-corrected chi connectivity index (χ0v) is 23.8. The van der Waals surface area contributed by atoms with Crippen molar-refractivity contribution in [1.82, 2.24) is 0 Å². The average Bonchev–Trinajstić information content (AvgIpc) is 2.99. The van der Waals surface area contributed by atoms with Gasteiger partial charge in [-0.25, -0.2) is 0 Å². The van der Waals surface area contributed by atoms with Gasteiger partial charge in [0.25, 0.3) is 0 Å². The number of aliphatic hydroxyl groups excluding tert-OH is 15. The van der Waals surface area contributed by atoms with Crippen LogP contribution in [0.4, 0.5) is 0 Å². The molecule has 0 bridgehead atoms. The van der Waals surface area contributed by atoms with Crippen LogP contribution in [0.25, 0.3) is 0 Å². The van der Waals surface area contributed by atoms with Crippen LogP contribution in [-0.4, -0.2) is 190 Å². The summed E-state index contributed by atoms with van der Waals surface area (Å²) in [5.41, 5.74) is 0. The molecule has 0 radical (unpaired) electrons. The summed E-state index contributed by atoms with van der Waals surface area (Å²) in [6.07, 6.45) is 1.12. The van der Waals surface area contributed by atoms with Gasteiger partial charge in [-0.05, 0) is 6.42 Å². The SMILES string of the molecule is CCCCCCCC(=O)O.O.OCC(O)CO.OCC(O)CO.OCC(O)CO.OCC(O)CO.OCC(O)CO. The zero-order valence-electron chi connectivity index (χ0n) is 23.8. The lowest BCUT2D eigenvalue weighted by atomic mass is 10.1. The number of aliphatic hydroxyl groups is 15. The third kappa shape index (κ3) is 78.9. The minimum Gasteiger partial charge on any atom is -0.481 e. The summed E-state index contributed by atoms with van der Waals surface area (Å²) in [5, 5.41) is 128. The maximum absolute atomic E-state index is 10.0. The Hall–Kier alpha value is -1.17. The van der Waals surface area contributed by atoms with Gasteiger partial charge in [-0.15, -0.1) is 0 Å². The third-order valence-corrected chi connectivity index (χ3v) is 3.60. The maximum Gasteiger partial charge on any atom is 0.303 e. The number of carboxylic acid groups (broad SMARTS) is 1. The highest BCUT2D eigenvalue weighted by atomic mass is 16.4. The highest BCUT2D eigenvalue weighted by molar-refractivity contribution is 5.66. The van der Waals surface area contributed by atoms with Crippen molar-refractivity contribution in [3.05, 3.63) is 0 Å². The molecular formula is C23H58O18. The number of carbonyl (C=O) groups is 1. The molecule has 0 aromatic carbocycles. The standard InChI is InChI=1S/C8H16O2.5C3H8O3.H2O/c1-2-3-4-5-6-7-8(9)10;5*4-1-3(6)2-5;/h2-7H2,1H3,(H,9,10);5*3-6H,1-2H2;1H2. The van der Waals surface area contributed by atoms with Crippen LogP contribution in [0.15, 0.2) is 0 Å². The Morgan fingerprint density at radius 1 is 0.439 bits per heavy atom. The summed E-state index contributed by atoms with van der Waals surface area (Å²) in [5.74, 6) is -0.670. The molecular weight excluding hydrogens is 564 g/mol. The van der Waals surface area contributed by atoms with E-state index in [0.717, 1.165) is 12.8 Å². The lowest BCUT2D eigenvalue weighted by molar-refractivity contribution is -0.137. The van der Waals surface area contributed by atoms with Crippen LogP contribution in [0.3, 0.4) is 0 Å². The van der Waals surface area contributed by atoms with Crippen molar-refractivity contribution in [1.29, 1.82) is 0 Å². The molecule has 18 nitrogen and oxygen atoms in total. The van der Waals surface area contributed by atoms with Crippen LogP contribution in [0, 0.1) is 0 Å². The summed E-state index contributed by atoms with van der Waals surface area (Å²) < 4.78 is 0. The number of hydrogen-bond donors (Lipinski definition) is 16. The first kappa shape index (κ1) is 55.7. The van der Waals surface area contributed by atoms with Gasteiger partial charge in [-0.3, -0.25) is 4.79 Å². The van der Waals surface area contributed by atoms with Gasteiger partial charge in [0.2, 0.25) is 0 Å². The van der Waals surface area contributed by atoms with Crippen LogP contribution in [0.5, 0.6) is 0 Å². The Morgan fingerprint density at radius 2 is 0.634 bits per heavy atom. The fraction of sp³-hybridized carbons (Fsp3) is 0.957. The monoisotopic (exact) mass is 622 g/mol. The summed E-state index contributed by atoms with van der Waals surface area (Å²) in [6.45, 7) is -1.50. The number of carboxylic acids is 1. The first-order valence-electron chi connectivity index (χ1n) is 12.5. The molecule has 0 fully saturated rings. The molecule has 0 aromatic rings. The van der Waals surface area contributed by atoms with E-state index in [1.807, 2.05) is 0 Å². The Balaban J connectivity index is -0.0000000683. The molecule has 0 rings (SSSR count). The van der Waals surface area contributed by atoms with Gasteiger partial charge in [0.15, 0.2) is 0 Å². The Labute approximate surface area is 240 Å². The second-order valence-electron chi connectivity index (χ2n) is 7.65. The predicted octanol–water partition coefficient (Wildman–Crippen LogP) is -6.73. The van der Waals surface area contributed by atoms with Crippen molar-refractivity contribution in [2.24, 2.45) is 0 Å². The molecule has 0 aliphatic heterocycles. The second kappa shape index (κ2) is 51.6. The quantitative estimate of drug-likeness (QED) is 0.0711. The molecule has 0 spiro atoms. The molecule has 0 aliphatic rings. The van der Waals surface area contributed by atoms with E-state index in [9.17, 15) is 4.79 Å². The van der Waals surface area contributed by atoms with E-state index in [1.165, 1.54) is 19.3 Å². The van der Waals surface area contributed by atoms with Crippen molar-refractivity contribution in [2.45, 2.75) is 76.0 Å². The van der Waals surface area contributed by atoms with Gasteiger partial charge in [-0.1, -0.05) is 32.6 Å². The predicted molar refractivity (Wildman–Crippen MR) is 146 cm³/mol. The van der Waals surface area contributed by atoms with Crippen molar-refractivity contribution < 1.29 is 92.0 Å². The Morgan fingerprint density at radius 3 is 0.756 bits per heavy atom. The lowest BCUT2D eigenvalue weighted by Gasteiger charge is -1.96. The smallest absolute Gasteiger partial charge is 0.303 e. The van der Waals surface area contributed by atoms with E-state index >= 15 is 0 Å². The van der Waals surface area contributed by atoms with Gasteiger partial charge in [0.1, 0.15) is 30.5 Å². The van der Waals surface area contributed by atoms with E-state index in [4.69, 9.17) is 81.7 Å². The van der Waals surface area contributed by atoms with Gasteiger partial charge in [-0.2, -0.15) is 0 Å². The molecule has 0 saturated heterocycles. The zero-order chi connectivity index (χ0) is 32.8. The number of aliphatic carboxylic acids is 1. The van der Waals surface area contributed by atoms with E-state index in [2.05, 4.69) is 6.92 Å². The van der Waals surface area contributed by atoms with Gasteiger partial charge < -0.3 is 87.2 Å². The highest BCUT2D eigenvalue weighted by Gasteiger charge is 1.96. The molecule has 41 heavy (non-hydrogen) atoms. The van der Waals surface area contributed by atoms with Crippen LogP contribution in [-0.2, 0) is 4.79 Å². The largest absolute Gasteiger partial charge is 0.481 e. The number of rotatable bonds is 16. The van der Waals surface area contributed by atoms with Crippen molar-refractivity contribution in [3.8, 4) is 0 Å². The molecule has 0 atom stereocenters. The third-order valence-electron chi connectivity index (χ3n) is 3.60. The summed E-state index contributed by atoms with van der Waals surface area (Å²) in [7, 11) is 0. The van der Waals surface area contributed by atoms with Crippen molar-refractivity contribution >= 4 is 5.97 Å². The van der Waals surface area contributed by atoms with Crippen LogP contribution >= 0.6 is 0 Å². The molecule has 18 N–H and O–H groups in total. The Kier molecular flexibility index (Phi) is 70.1. The molecule has 0 aliphatic carbocycles. The molecule has 0 amide bonds. The molecule has 0 aromatic heterocycles. The molecule has 258 valence electrons. The fourth-order valence-corrected chi connectivity index (χ4v) is 1.17. The van der Waals surface area contributed by atoms with E-state index in [1.54, 1.807) is 0 Å². The first-order valence-corrected chi connectivity index (χ1v) is 12.5. The van der Waals surface area contributed by atoms with Gasteiger partial charge >= 0.3 is 5.97 Å². The molecule has 18 heteroatoms. The molecule has 0 unspecified atom stereocenters. The maximum atomic E-state index is 10.0. The normalized spacial score (nSPS) is 9.68.